The van der Waals surface area contributed by atoms with E-state index >= 15 is 0 Å². The van der Waals surface area contributed by atoms with Crippen molar-refractivity contribution in [2.75, 3.05) is 32.1 Å². The molecule has 2 nitrogen and oxygen atoms in total. The van der Waals surface area contributed by atoms with Crippen molar-refractivity contribution in [3.8, 4) is 0 Å². The van der Waals surface area contributed by atoms with Gasteiger partial charge in [-0.05, 0) is 55.6 Å². The molecule has 0 aromatic heterocycles. The molecule has 1 N–H and O–H groups in total. The number of benzene rings is 1. The van der Waals surface area contributed by atoms with Crippen molar-refractivity contribution < 1.29 is 0 Å². The van der Waals surface area contributed by atoms with Gasteiger partial charge in [0.2, 0.25) is 0 Å². The number of hydrogen-bond donors (Lipinski definition) is 1. The third kappa shape index (κ3) is 4.30. The molecule has 1 fully saturated rings. The van der Waals surface area contributed by atoms with Crippen LogP contribution >= 0.6 is 11.8 Å². The molecule has 1 heterocycles. The molecule has 0 aliphatic carbocycles. The van der Waals surface area contributed by atoms with Gasteiger partial charge >= 0.3 is 0 Å². The van der Waals surface area contributed by atoms with Gasteiger partial charge in [0.15, 0.2) is 0 Å². The molecule has 2 rings (SSSR count). The second kappa shape index (κ2) is 7.17. The zero-order chi connectivity index (χ0) is 12.8. The molecule has 0 amide bonds. The van der Waals surface area contributed by atoms with Gasteiger partial charge in [0, 0.05) is 13.1 Å². The van der Waals surface area contributed by atoms with Gasteiger partial charge in [-0.15, -0.1) is 0 Å². The van der Waals surface area contributed by atoms with Gasteiger partial charge in [-0.25, -0.2) is 0 Å². The van der Waals surface area contributed by atoms with Gasteiger partial charge in [0.1, 0.15) is 0 Å². The van der Waals surface area contributed by atoms with E-state index in [1.165, 1.54) is 35.6 Å². The quantitative estimate of drug-likeness (QED) is 0.850. The van der Waals surface area contributed by atoms with Crippen LogP contribution in [-0.4, -0.2) is 37.0 Å². The van der Waals surface area contributed by atoms with Crippen molar-refractivity contribution in [1.29, 1.82) is 0 Å². The number of rotatable bonds is 6. The monoisotopic (exact) mass is 264 g/mol. The lowest BCUT2D eigenvalue weighted by atomic mass is 10.1. The second-order valence-electron chi connectivity index (χ2n) is 5.37. The summed E-state index contributed by atoms with van der Waals surface area (Å²) in [5.74, 6) is 3.58. The van der Waals surface area contributed by atoms with E-state index in [1.54, 1.807) is 0 Å². The fourth-order valence-corrected chi connectivity index (χ4v) is 3.66. The summed E-state index contributed by atoms with van der Waals surface area (Å²) >= 11 is 2.09. The SMILES string of the molecule is CN(C)Cc1ccccc1CNCC1CCSC1. The van der Waals surface area contributed by atoms with Gasteiger partial charge in [0.25, 0.3) is 0 Å². The summed E-state index contributed by atoms with van der Waals surface area (Å²) in [6.07, 6.45) is 1.39. The van der Waals surface area contributed by atoms with Crippen LogP contribution in [0, 0.1) is 5.92 Å². The lowest BCUT2D eigenvalue weighted by Crippen LogP contribution is -2.23. The Bertz CT molecular complexity index is 359. The highest BCUT2D eigenvalue weighted by Crippen LogP contribution is 2.22. The van der Waals surface area contributed by atoms with Crippen LogP contribution in [0.25, 0.3) is 0 Å². The fraction of sp³-hybridized carbons (Fsp3) is 0.600. The summed E-state index contributed by atoms with van der Waals surface area (Å²) in [5, 5.41) is 3.63. The Morgan fingerprint density at radius 3 is 2.72 bits per heavy atom. The number of nitrogens with zero attached hydrogens (tertiary/aromatic N) is 1. The molecule has 18 heavy (non-hydrogen) atoms. The Kier molecular flexibility index (Phi) is 5.54. The highest BCUT2D eigenvalue weighted by atomic mass is 32.2. The highest BCUT2D eigenvalue weighted by molar-refractivity contribution is 7.99. The van der Waals surface area contributed by atoms with Crippen LogP contribution in [0.2, 0.25) is 0 Å². The lowest BCUT2D eigenvalue weighted by molar-refractivity contribution is 0.400. The van der Waals surface area contributed by atoms with Gasteiger partial charge in [-0.1, -0.05) is 24.3 Å². The van der Waals surface area contributed by atoms with Crippen molar-refractivity contribution in [2.45, 2.75) is 19.5 Å². The van der Waals surface area contributed by atoms with Crippen molar-refractivity contribution in [3.05, 3.63) is 35.4 Å². The lowest BCUT2D eigenvalue weighted by Gasteiger charge is -2.15. The van der Waals surface area contributed by atoms with Crippen LogP contribution in [0.4, 0.5) is 0 Å². The van der Waals surface area contributed by atoms with Gasteiger partial charge in [0.05, 0.1) is 0 Å². The van der Waals surface area contributed by atoms with Crippen LogP contribution in [0.15, 0.2) is 24.3 Å². The fourth-order valence-electron chi connectivity index (χ4n) is 2.38. The Morgan fingerprint density at radius 2 is 2.06 bits per heavy atom. The predicted molar refractivity (Wildman–Crippen MR) is 81.0 cm³/mol. The second-order valence-corrected chi connectivity index (χ2v) is 6.52. The van der Waals surface area contributed by atoms with E-state index in [0.717, 1.165) is 19.0 Å². The Balaban J connectivity index is 1.83. The minimum Gasteiger partial charge on any atom is -0.312 e. The van der Waals surface area contributed by atoms with Gasteiger partial charge in [-0.3, -0.25) is 0 Å². The van der Waals surface area contributed by atoms with E-state index < -0.39 is 0 Å². The standard InChI is InChI=1S/C15H24N2S/c1-17(2)11-15-6-4-3-5-14(15)10-16-9-13-7-8-18-12-13/h3-6,13,16H,7-12H2,1-2H3. The summed E-state index contributed by atoms with van der Waals surface area (Å²) in [6, 6.07) is 8.76. The molecule has 3 heteroatoms. The van der Waals surface area contributed by atoms with Crippen LogP contribution in [0.1, 0.15) is 17.5 Å². The molecular weight excluding hydrogens is 240 g/mol. The van der Waals surface area contributed by atoms with Gasteiger partial charge < -0.3 is 10.2 Å². The van der Waals surface area contributed by atoms with Crippen LogP contribution in [0.5, 0.6) is 0 Å². The first-order valence-electron chi connectivity index (χ1n) is 6.75. The highest BCUT2D eigenvalue weighted by Gasteiger charge is 2.14. The summed E-state index contributed by atoms with van der Waals surface area (Å²) in [5.41, 5.74) is 2.88. The first-order valence-corrected chi connectivity index (χ1v) is 7.91. The smallest absolute Gasteiger partial charge is 0.0230 e. The molecule has 1 unspecified atom stereocenters. The molecule has 1 aromatic rings. The van der Waals surface area contributed by atoms with Crippen molar-refractivity contribution >= 4 is 11.8 Å². The molecule has 1 aliphatic heterocycles. The van der Waals surface area contributed by atoms with Crippen LogP contribution < -0.4 is 5.32 Å². The van der Waals surface area contributed by atoms with E-state index in [0.29, 0.717) is 0 Å². The maximum atomic E-state index is 3.63. The van der Waals surface area contributed by atoms with Crippen molar-refractivity contribution in [2.24, 2.45) is 5.92 Å². The van der Waals surface area contributed by atoms with E-state index in [4.69, 9.17) is 0 Å². The molecule has 1 atom stereocenters. The zero-order valence-corrected chi connectivity index (χ0v) is 12.3. The van der Waals surface area contributed by atoms with E-state index in [2.05, 4.69) is 60.3 Å². The van der Waals surface area contributed by atoms with Crippen molar-refractivity contribution in [1.82, 2.24) is 10.2 Å². The number of hydrogen-bond acceptors (Lipinski definition) is 3. The maximum Gasteiger partial charge on any atom is 0.0230 e. The van der Waals surface area contributed by atoms with E-state index in [1.807, 2.05) is 0 Å². The summed E-state index contributed by atoms with van der Waals surface area (Å²) in [4.78, 5) is 2.23. The Morgan fingerprint density at radius 1 is 1.28 bits per heavy atom. The first kappa shape index (κ1) is 13.9. The predicted octanol–water partition coefficient (Wildman–Crippen LogP) is 2.59. The third-order valence-corrected chi connectivity index (χ3v) is 4.61. The number of thioether (sulfide) groups is 1. The molecule has 1 saturated heterocycles. The number of nitrogens with one attached hydrogen (secondary N) is 1. The molecular formula is C15H24N2S. The minimum atomic E-state index is 0.885. The summed E-state index contributed by atoms with van der Waals surface area (Å²) < 4.78 is 0. The van der Waals surface area contributed by atoms with Crippen LogP contribution in [0.3, 0.4) is 0 Å². The topological polar surface area (TPSA) is 15.3 Å². The molecule has 100 valence electrons. The average molecular weight is 264 g/mol. The van der Waals surface area contributed by atoms with Gasteiger partial charge in [-0.2, -0.15) is 11.8 Å². The van der Waals surface area contributed by atoms with E-state index in [-0.39, 0.29) is 0 Å². The normalized spacial score (nSPS) is 19.6. The third-order valence-electron chi connectivity index (χ3n) is 3.38. The first-order chi connectivity index (χ1) is 8.75. The summed E-state index contributed by atoms with van der Waals surface area (Å²) in [7, 11) is 4.25. The molecule has 0 spiro atoms. The zero-order valence-electron chi connectivity index (χ0n) is 11.5. The minimum absolute atomic E-state index is 0.885. The molecule has 0 bridgehead atoms. The van der Waals surface area contributed by atoms with E-state index in [9.17, 15) is 0 Å². The van der Waals surface area contributed by atoms with Crippen LogP contribution in [-0.2, 0) is 13.1 Å². The summed E-state index contributed by atoms with van der Waals surface area (Å²) in [6.45, 7) is 3.20. The largest absolute Gasteiger partial charge is 0.312 e. The average Bonchev–Trinajstić information content (AvgIpc) is 2.84. The Labute approximate surface area is 115 Å². The van der Waals surface area contributed by atoms with Crippen molar-refractivity contribution in [3.63, 3.8) is 0 Å². The molecule has 0 saturated carbocycles. The molecule has 1 aliphatic rings. The molecule has 0 radical (unpaired) electrons. The maximum absolute atomic E-state index is 3.63. The molecule has 1 aromatic carbocycles. The Hall–Kier alpha value is -0.510.